The van der Waals surface area contributed by atoms with E-state index < -0.39 is 0 Å². The van der Waals surface area contributed by atoms with Crippen LogP contribution in [0.25, 0.3) is 6.08 Å². The number of amidine groups is 1. The molecule has 1 heterocycles. The Balaban J connectivity index is 1.75. The summed E-state index contributed by atoms with van der Waals surface area (Å²) in [7, 11) is 0. The van der Waals surface area contributed by atoms with E-state index in [0.717, 1.165) is 23.3 Å². The molecule has 0 unspecified atom stereocenters. The standard InChI is InChI=1S/C20H23N3O/c1-20(2)12-10-16-14-17(8-9-18(16)24-20)19(23-21)22-13-11-15-6-4-3-5-7-15/h3-10,12,14H,11,13,21H2,1-2H3,(H,22,23). The highest BCUT2D eigenvalue weighted by Crippen LogP contribution is 2.31. The van der Waals surface area contributed by atoms with Crippen LogP contribution >= 0.6 is 0 Å². The van der Waals surface area contributed by atoms with E-state index in [1.54, 1.807) is 0 Å². The fraction of sp³-hybridized carbons (Fsp3) is 0.250. The molecule has 1 aliphatic rings. The monoisotopic (exact) mass is 321 g/mol. The SMILES string of the molecule is CC1(C)C=Cc2cc(C(=NCCc3ccccc3)NN)ccc2O1. The smallest absolute Gasteiger partial charge is 0.142 e. The lowest BCUT2D eigenvalue weighted by atomic mass is 10.0. The Labute approximate surface area is 143 Å². The molecule has 0 spiro atoms. The molecule has 24 heavy (non-hydrogen) atoms. The summed E-state index contributed by atoms with van der Waals surface area (Å²) in [5.74, 6) is 7.24. The zero-order chi connectivity index (χ0) is 17.0. The normalized spacial score (nSPS) is 15.5. The molecule has 0 radical (unpaired) electrons. The Morgan fingerprint density at radius 3 is 2.71 bits per heavy atom. The lowest BCUT2D eigenvalue weighted by Gasteiger charge is -2.28. The maximum Gasteiger partial charge on any atom is 0.142 e. The van der Waals surface area contributed by atoms with Crippen LogP contribution < -0.4 is 16.0 Å². The summed E-state index contributed by atoms with van der Waals surface area (Å²) < 4.78 is 5.95. The van der Waals surface area contributed by atoms with Crippen LogP contribution in [0.1, 0.15) is 30.5 Å². The number of aliphatic imine (C=N–C) groups is 1. The molecule has 3 N–H and O–H groups in total. The predicted molar refractivity (Wildman–Crippen MR) is 99.1 cm³/mol. The predicted octanol–water partition coefficient (Wildman–Crippen LogP) is 3.32. The van der Waals surface area contributed by atoms with Gasteiger partial charge in [-0.15, -0.1) is 0 Å². The van der Waals surface area contributed by atoms with Crippen LogP contribution in [-0.4, -0.2) is 18.0 Å². The molecule has 124 valence electrons. The molecular weight excluding hydrogens is 298 g/mol. The van der Waals surface area contributed by atoms with Crippen molar-refractivity contribution < 1.29 is 4.74 Å². The minimum absolute atomic E-state index is 0.271. The molecule has 0 atom stereocenters. The highest BCUT2D eigenvalue weighted by Gasteiger charge is 2.21. The molecule has 2 aromatic rings. The molecule has 0 saturated heterocycles. The van der Waals surface area contributed by atoms with Gasteiger partial charge in [0, 0.05) is 17.7 Å². The summed E-state index contributed by atoms with van der Waals surface area (Å²) >= 11 is 0. The number of benzene rings is 2. The minimum Gasteiger partial charge on any atom is -0.483 e. The van der Waals surface area contributed by atoms with Gasteiger partial charge in [-0.25, -0.2) is 5.84 Å². The van der Waals surface area contributed by atoms with Gasteiger partial charge in [-0.3, -0.25) is 4.99 Å². The van der Waals surface area contributed by atoms with E-state index in [1.807, 2.05) is 50.2 Å². The number of nitrogens with one attached hydrogen (secondary N) is 1. The Morgan fingerprint density at radius 1 is 1.17 bits per heavy atom. The number of hydrogen-bond acceptors (Lipinski definition) is 3. The Hall–Kier alpha value is -2.59. The fourth-order valence-corrected chi connectivity index (χ4v) is 2.69. The highest BCUT2D eigenvalue weighted by atomic mass is 16.5. The molecule has 0 aromatic heterocycles. The van der Waals surface area contributed by atoms with Crippen molar-refractivity contribution >= 4 is 11.9 Å². The van der Waals surface area contributed by atoms with Crippen LogP contribution in [-0.2, 0) is 6.42 Å². The average Bonchev–Trinajstić information content (AvgIpc) is 2.59. The second kappa shape index (κ2) is 6.89. The van der Waals surface area contributed by atoms with Gasteiger partial charge in [0.1, 0.15) is 17.2 Å². The van der Waals surface area contributed by atoms with Crippen LogP contribution in [0.15, 0.2) is 59.6 Å². The van der Waals surface area contributed by atoms with Gasteiger partial charge in [-0.05, 0) is 50.1 Å². The number of fused-ring (bicyclic) bond motifs is 1. The van der Waals surface area contributed by atoms with Gasteiger partial charge in [0.15, 0.2) is 0 Å². The van der Waals surface area contributed by atoms with Crippen molar-refractivity contribution in [1.29, 1.82) is 0 Å². The first-order chi connectivity index (χ1) is 11.6. The molecular formula is C20H23N3O. The Morgan fingerprint density at radius 2 is 1.96 bits per heavy atom. The zero-order valence-corrected chi connectivity index (χ0v) is 14.1. The maximum absolute atomic E-state index is 5.95. The third-order valence-corrected chi connectivity index (χ3v) is 3.97. The highest BCUT2D eigenvalue weighted by molar-refractivity contribution is 5.99. The molecule has 4 nitrogen and oxygen atoms in total. The quantitative estimate of drug-likeness (QED) is 0.393. The van der Waals surface area contributed by atoms with Crippen molar-refractivity contribution in [3.8, 4) is 5.75 Å². The topological polar surface area (TPSA) is 59.6 Å². The van der Waals surface area contributed by atoms with Crippen molar-refractivity contribution in [3.63, 3.8) is 0 Å². The van der Waals surface area contributed by atoms with Gasteiger partial charge in [-0.1, -0.05) is 36.4 Å². The van der Waals surface area contributed by atoms with Crippen molar-refractivity contribution in [1.82, 2.24) is 5.43 Å². The van der Waals surface area contributed by atoms with Crippen molar-refractivity contribution in [3.05, 3.63) is 71.3 Å². The minimum atomic E-state index is -0.271. The van der Waals surface area contributed by atoms with E-state index in [9.17, 15) is 0 Å². The summed E-state index contributed by atoms with van der Waals surface area (Å²) in [6.45, 7) is 4.76. The van der Waals surface area contributed by atoms with E-state index in [-0.39, 0.29) is 5.60 Å². The second-order valence-electron chi connectivity index (χ2n) is 6.40. The van der Waals surface area contributed by atoms with Crippen molar-refractivity contribution in [2.45, 2.75) is 25.9 Å². The van der Waals surface area contributed by atoms with Crippen LogP contribution in [0.3, 0.4) is 0 Å². The first kappa shape index (κ1) is 16.3. The number of hydrazine groups is 1. The molecule has 0 bridgehead atoms. The summed E-state index contributed by atoms with van der Waals surface area (Å²) in [5.41, 5.74) is 5.70. The van der Waals surface area contributed by atoms with Crippen molar-refractivity contribution in [2.24, 2.45) is 10.8 Å². The van der Waals surface area contributed by atoms with Crippen LogP contribution in [0, 0.1) is 0 Å². The van der Waals surface area contributed by atoms with Crippen LogP contribution in [0.2, 0.25) is 0 Å². The Kier molecular flexibility index (Phi) is 4.67. The molecule has 0 amide bonds. The van der Waals surface area contributed by atoms with Crippen LogP contribution in [0.4, 0.5) is 0 Å². The third-order valence-electron chi connectivity index (χ3n) is 3.97. The molecule has 1 aliphatic heterocycles. The molecule has 0 aliphatic carbocycles. The summed E-state index contributed by atoms with van der Waals surface area (Å²) in [4.78, 5) is 4.60. The molecule has 0 fully saturated rings. The third kappa shape index (κ3) is 3.84. The first-order valence-electron chi connectivity index (χ1n) is 8.15. The van der Waals surface area contributed by atoms with Crippen LogP contribution in [0.5, 0.6) is 5.75 Å². The fourth-order valence-electron chi connectivity index (χ4n) is 2.69. The van der Waals surface area contributed by atoms with Gasteiger partial charge in [-0.2, -0.15) is 0 Å². The van der Waals surface area contributed by atoms with Gasteiger partial charge >= 0.3 is 0 Å². The van der Waals surface area contributed by atoms with E-state index in [4.69, 9.17) is 10.6 Å². The van der Waals surface area contributed by atoms with Gasteiger partial charge in [0.25, 0.3) is 0 Å². The van der Waals surface area contributed by atoms with E-state index in [1.165, 1.54) is 5.56 Å². The number of rotatable bonds is 4. The largest absolute Gasteiger partial charge is 0.483 e. The maximum atomic E-state index is 5.95. The summed E-state index contributed by atoms with van der Waals surface area (Å²) in [5, 5.41) is 0. The summed E-state index contributed by atoms with van der Waals surface area (Å²) in [6.07, 6.45) is 5.02. The average molecular weight is 321 g/mol. The number of ether oxygens (including phenoxy) is 1. The van der Waals surface area contributed by atoms with Gasteiger partial charge in [0.05, 0.1) is 0 Å². The first-order valence-corrected chi connectivity index (χ1v) is 8.15. The van der Waals surface area contributed by atoms with Gasteiger partial charge < -0.3 is 10.2 Å². The van der Waals surface area contributed by atoms with E-state index >= 15 is 0 Å². The Bertz CT molecular complexity index is 764. The number of nitrogens with two attached hydrogens (primary N) is 1. The van der Waals surface area contributed by atoms with Crippen molar-refractivity contribution in [2.75, 3.05) is 6.54 Å². The zero-order valence-electron chi connectivity index (χ0n) is 14.1. The lowest BCUT2D eigenvalue weighted by molar-refractivity contribution is 0.159. The summed E-state index contributed by atoms with van der Waals surface area (Å²) in [6, 6.07) is 16.3. The number of hydrogen-bond donors (Lipinski definition) is 2. The van der Waals surface area contributed by atoms with E-state index in [2.05, 4.69) is 34.7 Å². The van der Waals surface area contributed by atoms with Gasteiger partial charge in [0.2, 0.25) is 0 Å². The molecule has 4 heteroatoms. The lowest BCUT2D eigenvalue weighted by Crippen LogP contribution is -2.32. The molecule has 3 rings (SSSR count). The van der Waals surface area contributed by atoms with E-state index in [0.29, 0.717) is 12.4 Å². The second-order valence-corrected chi connectivity index (χ2v) is 6.40. The molecule has 0 saturated carbocycles. The molecule has 2 aromatic carbocycles. The number of nitrogens with zero attached hydrogens (tertiary/aromatic N) is 1.